The number of nitrogens with two attached hydrogens (primary N) is 1. The summed E-state index contributed by atoms with van der Waals surface area (Å²) in [5, 5.41) is 0. The predicted molar refractivity (Wildman–Crippen MR) is 111 cm³/mol. The third kappa shape index (κ3) is 17.4. The van der Waals surface area contributed by atoms with Gasteiger partial charge in [0.1, 0.15) is 13.2 Å². The molecular formula is C19H42N3O5P. The molecule has 2 N–H and O–H groups in total. The second-order valence-electron chi connectivity index (χ2n) is 8.28. The highest BCUT2D eigenvalue weighted by Gasteiger charge is 2.15. The minimum absolute atomic E-state index is 0.0578. The minimum atomic E-state index is -4.36. The standard InChI is InChI=1S/C19H42N3O5P/c1-5-6-7-8-9-10-11-12-13-14-21(19(20)23)15-17-26-28(24,25)27-18-16-22(2,3)4/h5-18H2,1-4H3,(H2-,20,23,24,25). The van der Waals surface area contributed by atoms with Gasteiger partial charge in [-0.05, 0) is 6.42 Å². The smallest absolute Gasteiger partial charge is 0.314 e. The Kier molecular flexibility index (Phi) is 14.9. The number of hydrogen-bond donors (Lipinski definition) is 1. The van der Waals surface area contributed by atoms with Gasteiger partial charge < -0.3 is 29.1 Å². The Bertz CT molecular complexity index is 457. The van der Waals surface area contributed by atoms with Gasteiger partial charge in [-0.25, -0.2) is 4.79 Å². The van der Waals surface area contributed by atoms with Gasteiger partial charge in [-0.1, -0.05) is 58.3 Å². The van der Waals surface area contributed by atoms with E-state index in [9.17, 15) is 14.3 Å². The van der Waals surface area contributed by atoms with Crippen LogP contribution in [-0.2, 0) is 13.6 Å². The van der Waals surface area contributed by atoms with E-state index in [1.165, 1.54) is 43.4 Å². The molecule has 1 atom stereocenters. The number of quaternary nitrogens is 1. The number of rotatable bonds is 18. The number of hydrogen-bond acceptors (Lipinski definition) is 5. The van der Waals surface area contributed by atoms with Crippen LogP contribution in [0.15, 0.2) is 0 Å². The van der Waals surface area contributed by atoms with Crippen LogP contribution in [0, 0.1) is 0 Å². The molecule has 0 rings (SSSR count). The lowest BCUT2D eigenvalue weighted by Crippen LogP contribution is -2.39. The number of carbonyl (C=O) groups excluding carboxylic acids is 1. The number of primary amides is 1. The first kappa shape index (κ1) is 27.3. The number of phosphoric ester groups is 1. The molecule has 0 bridgehead atoms. The number of urea groups is 1. The highest BCUT2D eigenvalue weighted by molar-refractivity contribution is 7.45. The Hall–Kier alpha value is -0.660. The third-order valence-corrected chi connectivity index (χ3v) is 5.46. The van der Waals surface area contributed by atoms with Crippen molar-refractivity contribution in [3.63, 3.8) is 0 Å². The number of nitrogens with zero attached hydrogens (tertiary/aromatic N) is 2. The lowest BCUT2D eigenvalue weighted by Gasteiger charge is -2.28. The summed E-state index contributed by atoms with van der Waals surface area (Å²) in [6.07, 6.45) is 10.7. The molecule has 9 heteroatoms. The zero-order valence-corrected chi connectivity index (χ0v) is 19.3. The summed E-state index contributed by atoms with van der Waals surface area (Å²) in [7, 11) is 1.47. The quantitative estimate of drug-likeness (QED) is 0.207. The van der Waals surface area contributed by atoms with Gasteiger partial charge in [-0.2, -0.15) is 0 Å². The Morgan fingerprint density at radius 2 is 1.43 bits per heavy atom. The molecular weight excluding hydrogens is 381 g/mol. The molecule has 168 valence electrons. The van der Waals surface area contributed by atoms with Crippen molar-refractivity contribution in [3.8, 4) is 0 Å². The van der Waals surface area contributed by atoms with Gasteiger partial charge in [0.05, 0.1) is 27.7 Å². The number of likely N-dealkylation sites (N-methyl/N-ethyl adjacent to an activating group) is 1. The number of unbranched alkanes of at least 4 members (excludes halogenated alkanes) is 8. The molecule has 0 aliphatic rings. The van der Waals surface area contributed by atoms with Crippen LogP contribution in [-0.4, -0.2) is 69.4 Å². The second kappa shape index (κ2) is 15.2. The van der Waals surface area contributed by atoms with E-state index in [2.05, 4.69) is 6.92 Å². The van der Waals surface area contributed by atoms with Crippen molar-refractivity contribution >= 4 is 13.9 Å². The van der Waals surface area contributed by atoms with Crippen LogP contribution in [0.25, 0.3) is 0 Å². The van der Waals surface area contributed by atoms with E-state index in [-0.39, 0.29) is 19.8 Å². The van der Waals surface area contributed by atoms with E-state index in [1.807, 2.05) is 21.1 Å². The summed E-state index contributed by atoms with van der Waals surface area (Å²) in [5.74, 6) is 0. The highest BCUT2D eigenvalue weighted by Crippen LogP contribution is 2.37. The van der Waals surface area contributed by atoms with Crippen molar-refractivity contribution < 1.29 is 27.8 Å². The number of phosphoric acid groups is 1. The zero-order chi connectivity index (χ0) is 21.5. The normalized spacial score (nSPS) is 14.0. The molecule has 0 aliphatic carbocycles. The van der Waals surface area contributed by atoms with Crippen molar-refractivity contribution in [2.75, 3.05) is 54.0 Å². The van der Waals surface area contributed by atoms with Gasteiger partial charge >= 0.3 is 6.03 Å². The molecule has 0 heterocycles. The highest BCUT2D eigenvalue weighted by atomic mass is 31.2. The molecule has 0 spiro atoms. The molecule has 0 aromatic carbocycles. The monoisotopic (exact) mass is 423 g/mol. The van der Waals surface area contributed by atoms with Crippen LogP contribution in [0.3, 0.4) is 0 Å². The van der Waals surface area contributed by atoms with Crippen LogP contribution in [0.4, 0.5) is 4.79 Å². The molecule has 0 aromatic heterocycles. The molecule has 0 fully saturated rings. The summed E-state index contributed by atoms with van der Waals surface area (Å²) in [5.41, 5.74) is 5.37. The van der Waals surface area contributed by atoms with Gasteiger partial charge in [0.2, 0.25) is 0 Å². The number of amides is 2. The predicted octanol–water partition coefficient (Wildman–Crippen LogP) is 3.11. The van der Waals surface area contributed by atoms with Crippen molar-refractivity contribution in [3.05, 3.63) is 0 Å². The molecule has 0 saturated carbocycles. The summed E-state index contributed by atoms with van der Waals surface area (Å²) in [6, 6.07) is -0.560. The lowest BCUT2D eigenvalue weighted by atomic mass is 10.1. The van der Waals surface area contributed by atoms with Crippen LogP contribution in [0.1, 0.15) is 64.7 Å². The fourth-order valence-electron chi connectivity index (χ4n) is 2.67. The summed E-state index contributed by atoms with van der Waals surface area (Å²) in [4.78, 5) is 24.7. The Labute approximate surface area is 171 Å². The maximum Gasteiger partial charge on any atom is 0.314 e. The van der Waals surface area contributed by atoms with Gasteiger partial charge in [0.15, 0.2) is 0 Å². The zero-order valence-electron chi connectivity index (χ0n) is 18.4. The maximum absolute atomic E-state index is 11.7. The van der Waals surface area contributed by atoms with Gasteiger partial charge in [-0.15, -0.1) is 0 Å². The molecule has 2 amide bonds. The van der Waals surface area contributed by atoms with Crippen molar-refractivity contribution in [1.29, 1.82) is 0 Å². The summed E-state index contributed by atoms with van der Waals surface area (Å²) >= 11 is 0. The number of carbonyl (C=O) groups is 1. The van der Waals surface area contributed by atoms with Crippen LogP contribution < -0.4 is 10.6 Å². The fourth-order valence-corrected chi connectivity index (χ4v) is 3.36. The first-order chi connectivity index (χ1) is 13.1. The van der Waals surface area contributed by atoms with E-state index in [0.29, 0.717) is 17.6 Å². The van der Waals surface area contributed by atoms with Crippen molar-refractivity contribution in [2.45, 2.75) is 64.7 Å². The molecule has 0 aromatic rings. The lowest BCUT2D eigenvalue weighted by molar-refractivity contribution is -0.870. The van der Waals surface area contributed by atoms with E-state index < -0.39 is 13.9 Å². The average Bonchev–Trinajstić information content (AvgIpc) is 2.57. The summed E-state index contributed by atoms with van der Waals surface area (Å²) in [6.45, 7) is 3.32. The third-order valence-electron chi connectivity index (χ3n) is 4.47. The molecule has 0 aliphatic heterocycles. The topological polar surface area (TPSA) is 105 Å². The molecule has 1 unspecified atom stereocenters. The average molecular weight is 424 g/mol. The SMILES string of the molecule is CCCCCCCCCCCN(CCOP(=O)([O-])OCC[N+](C)(C)C)C(N)=O. The molecule has 0 saturated heterocycles. The molecule has 28 heavy (non-hydrogen) atoms. The Morgan fingerprint density at radius 3 is 1.93 bits per heavy atom. The largest absolute Gasteiger partial charge is 0.756 e. The Morgan fingerprint density at radius 1 is 0.929 bits per heavy atom. The van der Waals surface area contributed by atoms with E-state index in [4.69, 9.17) is 14.8 Å². The van der Waals surface area contributed by atoms with E-state index >= 15 is 0 Å². The minimum Gasteiger partial charge on any atom is -0.756 e. The maximum atomic E-state index is 11.7. The van der Waals surface area contributed by atoms with Crippen molar-refractivity contribution in [2.24, 2.45) is 5.73 Å². The molecule has 0 radical (unpaired) electrons. The van der Waals surface area contributed by atoms with Crippen molar-refractivity contribution in [1.82, 2.24) is 4.90 Å². The van der Waals surface area contributed by atoms with Gasteiger partial charge in [-0.3, -0.25) is 4.57 Å². The van der Waals surface area contributed by atoms with Gasteiger partial charge in [0.25, 0.3) is 7.82 Å². The van der Waals surface area contributed by atoms with Crippen LogP contribution in [0.2, 0.25) is 0 Å². The van der Waals surface area contributed by atoms with Crippen LogP contribution >= 0.6 is 7.82 Å². The summed E-state index contributed by atoms with van der Waals surface area (Å²) < 4.78 is 22.0. The van der Waals surface area contributed by atoms with E-state index in [0.717, 1.165) is 19.3 Å². The first-order valence-corrected chi connectivity index (χ1v) is 12.0. The van der Waals surface area contributed by atoms with Crippen LogP contribution in [0.5, 0.6) is 0 Å². The molecule has 8 nitrogen and oxygen atoms in total. The fraction of sp³-hybridized carbons (Fsp3) is 0.947. The van der Waals surface area contributed by atoms with E-state index in [1.54, 1.807) is 0 Å². The van der Waals surface area contributed by atoms with Gasteiger partial charge in [0, 0.05) is 13.1 Å². The Balaban J connectivity index is 3.90. The first-order valence-electron chi connectivity index (χ1n) is 10.5. The second-order valence-corrected chi connectivity index (χ2v) is 9.69.